The topological polar surface area (TPSA) is 67.2 Å². The molecule has 5 heteroatoms. The van der Waals surface area contributed by atoms with Crippen LogP contribution in [0.4, 0.5) is 17.2 Å². The fourth-order valence-electron chi connectivity index (χ4n) is 1.43. The highest BCUT2D eigenvalue weighted by Crippen LogP contribution is 2.22. The molecule has 2 aromatic rings. The maximum Gasteiger partial charge on any atom is 0.136 e. The van der Waals surface area contributed by atoms with E-state index in [0.29, 0.717) is 11.5 Å². The molecule has 0 amide bonds. The highest BCUT2D eigenvalue weighted by molar-refractivity contribution is 5.62. The fraction of sp³-hybridized carbons (Fsp3) is 0.167. The highest BCUT2D eigenvalue weighted by Gasteiger charge is 2.02. The molecule has 0 aliphatic rings. The van der Waals surface area contributed by atoms with Gasteiger partial charge in [0.05, 0.1) is 0 Å². The largest absolute Gasteiger partial charge is 0.340 e. The van der Waals surface area contributed by atoms with Gasteiger partial charge in [0, 0.05) is 17.4 Å². The van der Waals surface area contributed by atoms with Gasteiger partial charge in [-0.3, -0.25) is 0 Å². The van der Waals surface area contributed by atoms with Crippen LogP contribution in [0.2, 0.25) is 0 Å². The Balaban J connectivity index is 2.30. The van der Waals surface area contributed by atoms with Crippen molar-refractivity contribution in [2.75, 3.05) is 5.32 Å². The van der Waals surface area contributed by atoms with Gasteiger partial charge in [-0.15, -0.1) is 4.91 Å². The summed E-state index contributed by atoms with van der Waals surface area (Å²) < 4.78 is 0. The van der Waals surface area contributed by atoms with Gasteiger partial charge in [0.15, 0.2) is 0 Å². The lowest BCUT2D eigenvalue weighted by Gasteiger charge is -2.08. The van der Waals surface area contributed by atoms with E-state index in [1.54, 1.807) is 24.4 Å². The molecular formula is C12H12N4O. The Morgan fingerprint density at radius 1 is 1.29 bits per heavy atom. The number of aromatic nitrogens is 2. The zero-order valence-electron chi connectivity index (χ0n) is 9.64. The van der Waals surface area contributed by atoms with Crippen molar-refractivity contribution in [2.45, 2.75) is 13.8 Å². The molecule has 1 N–H and O–H groups in total. The number of rotatable bonds is 3. The molecule has 0 saturated carbocycles. The normalized spacial score (nSPS) is 10.0. The molecule has 0 aliphatic heterocycles. The summed E-state index contributed by atoms with van der Waals surface area (Å²) in [7, 11) is 0. The van der Waals surface area contributed by atoms with E-state index in [9.17, 15) is 4.91 Å². The molecule has 1 aromatic heterocycles. The van der Waals surface area contributed by atoms with Gasteiger partial charge in [0.25, 0.3) is 0 Å². The first-order chi connectivity index (χ1) is 8.19. The molecule has 0 saturated heterocycles. The second-order valence-corrected chi connectivity index (χ2v) is 3.72. The first kappa shape index (κ1) is 11.2. The molecule has 1 heterocycles. The summed E-state index contributed by atoms with van der Waals surface area (Å²) in [5.74, 6) is 1.43. The monoisotopic (exact) mass is 228 g/mol. The van der Waals surface area contributed by atoms with Gasteiger partial charge in [-0.05, 0) is 37.2 Å². The van der Waals surface area contributed by atoms with Crippen molar-refractivity contribution in [1.29, 1.82) is 0 Å². The number of anilines is 2. The van der Waals surface area contributed by atoms with Crippen LogP contribution in [0.1, 0.15) is 11.4 Å². The predicted octanol–water partition coefficient (Wildman–Crippen LogP) is 3.23. The van der Waals surface area contributed by atoms with E-state index in [1.165, 1.54) is 0 Å². The van der Waals surface area contributed by atoms with Crippen molar-refractivity contribution in [1.82, 2.24) is 9.97 Å². The smallest absolute Gasteiger partial charge is 0.136 e. The maximum atomic E-state index is 10.4. The van der Waals surface area contributed by atoms with Crippen LogP contribution in [0.3, 0.4) is 0 Å². The third-order valence-corrected chi connectivity index (χ3v) is 2.31. The van der Waals surface area contributed by atoms with Crippen LogP contribution in [-0.2, 0) is 0 Å². The summed E-state index contributed by atoms with van der Waals surface area (Å²) in [5.41, 5.74) is 2.11. The Hall–Kier alpha value is -2.30. The summed E-state index contributed by atoms with van der Waals surface area (Å²) in [6.07, 6.45) is 1.76. The van der Waals surface area contributed by atoms with Crippen LogP contribution in [0, 0.1) is 18.8 Å². The quantitative estimate of drug-likeness (QED) is 0.819. The van der Waals surface area contributed by atoms with Gasteiger partial charge in [-0.2, -0.15) is 0 Å². The van der Waals surface area contributed by atoms with Gasteiger partial charge in [0.2, 0.25) is 0 Å². The van der Waals surface area contributed by atoms with Crippen LogP contribution in [0.5, 0.6) is 0 Å². The summed E-state index contributed by atoms with van der Waals surface area (Å²) in [6.45, 7) is 3.75. The Morgan fingerprint density at radius 3 is 2.88 bits per heavy atom. The lowest BCUT2D eigenvalue weighted by atomic mass is 10.2. The molecule has 17 heavy (non-hydrogen) atoms. The fourth-order valence-corrected chi connectivity index (χ4v) is 1.43. The first-order valence-electron chi connectivity index (χ1n) is 5.20. The van der Waals surface area contributed by atoms with Crippen molar-refractivity contribution < 1.29 is 0 Å². The van der Waals surface area contributed by atoms with Crippen molar-refractivity contribution >= 4 is 17.2 Å². The minimum absolute atomic E-state index is 0.387. The molecule has 0 radical (unpaired) electrons. The minimum atomic E-state index is 0.387. The highest BCUT2D eigenvalue weighted by atomic mass is 16.3. The van der Waals surface area contributed by atoms with Crippen LogP contribution >= 0.6 is 0 Å². The number of aryl methyl sites for hydroxylation is 2. The Bertz CT molecular complexity index is 554. The standard InChI is InChI=1S/C12H12N4O/c1-8-7-13-9(2)14-12(8)15-10-4-3-5-11(6-10)16-17/h3-7H,1-2H3,(H,13,14,15). The third-order valence-electron chi connectivity index (χ3n) is 2.31. The van der Waals surface area contributed by atoms with Crippen molar-refractivity contribution in [3.05, 3.63) is 46.8 Å². The molecular weight excluding hydrogens is 216 g/mol. The summed E-state index contributed by atoms with van der Waals surface area (Å²) in [5, 5.41) is 6.03. The van der Waals surface area contributed by atoms with Gasteiger partial charge >= 0.3 is 0 Å². The van der Waals surface area contributed by atoms with Gasteiger partial charge in [0.1, 0.15) is 17.3 Å². The average molecular weight is 228 g/mol. The lowest BCUT2D eigenvalue weighted by Crippen LogP contribution is -1.99. The second kappa shape index (κ2) is 4.69. The van der Waals surface area contributed by atoms with Crippen LogP contribution in [0.15, 0.2) is 35.6 Å². The Morgan fingerprint density at radius 2 is 2.12 bits per heavy atom. The third kappa shape index (κ3) is 2.63. The number of benzene rings is 1. The van der Waals surface area contributed by atoms with E-state index in [-0.39, 0.29) is 0 Å². The summed E-state index contributed by atoms with van der Waals surface area (Å²) in [6, 6.07) is 6.94. The molecule has 86 valence electrons. The molecule has 1 aromatic carbocycles. The van der Waals surface area contributed by atoms with Crippen molar-refractivity contribution in [3.8, 4) is 0 Å². The SMILES string of the molecule is Cc1ncc(C)c(Nc2cccc(N=O)c2)n1. The molecule has 0 aliphatic carbocycles. The molecule has 0 fully saturated rings. The maximum absolute atomic E-state index is 10.4. The minimum Gasteiger partial charge on any atom is -0.340 e. The lowest BCUT2D eigenvalue weighted by molar-refractivity contribution is 1.04. The summed E-state index contributed by atoms with van der Waals surface area (Å²) >= 11 is 0. The van der Waals surface area contributed by atoms with Gasteiger partial charge < -0.3 is 5.32 Å². The molecule has 0 bridgehead atoms. The number of hydrogen-bond donors (Lipinski definition) is 1. The Labute approximate surface area is 98.9 Å². The zero-order valence-corrected chi connectivity index (χ0v) is 9.64. The van der Waals surface area contributed by atoms with Gasteiger partial charge in [-0.25, -0.2) is 9.97 Å². The van der Waals surface area contributed by atoms with Crippen LogP contribution in [0.25, 0.3) is 0 Å². The van der Waals surface area contributed by atoms with E-state index >= 15 is 0 Å². The molecule has 5 nitrogen and oxygen atoms in total. The molecule has 0 unspecified atom stereocenters. The zero-order chi connectivity index (χ0) is 12.3. The van der Waals surface area contributed by atoms with Crippen molar-refractivity contribution in [2.24, 2.45) is 5.18 Å². The van der Waals surface area contributed by atoms with Gasteiger partial charge in [-0.1, -0.05) is 6.07 Å². The Kier molecular flexibility index (Phi) is 3.09. The van der Waals surface area contributed by atoms with Crippen LogP contribution < -0.4 is 5.32 Å². The summed E-state index contributed by atoms with van der Waals surface area (Å²) in [4.78, 5) is 18.8. The number of nitrogens with one attached hydrogen (secondary N) is 1. The number of hydrogen-bond acceptors (Lipinski definition) is 5. The molecule has 2 rings (SSSR count). The molecule has 0 atom stereocenters. The number of nitrogens with zero attached hydrogens (tertiary/aromatic N) is 3. The predicted molar refractivity (Wildman–Crippen MR) is 66.7 cm³/mol. The second-order valence-electron chi connectivity index (χ2n) is 3.72. The first-order valence-corrected chi connectivity index (χ1v) is 5.20. The molecule has 0 spiro atoms. The van der Waals surface area contributed by atoms with Crippen molar-refractivity contribution in [3.63, 3.8) is 0 Å². The van der Waals surface area contributed by atoms with E-state index < -0.39 is 0 Å². The van der Waals surface area contributed by atoms with E-state index in [0.717, 1.165) is 17.1 Å². The number of nitroso groups, excluding NO2 is 1. The van der Waals surface area contributed by atoms with E-state index in [2.05, 4.69) is 20.5 Å². The van der Waals surface area contributed by atoms with Crippen LogP contribution in [-0.4, -0.2) is 9.97 Å². The van der Waals surface area contributed by atoms with E-state index in [4.69, 9.17) is 0 Å². The van der Waals surface area contributed by atoms with E-state index in [1.807, 2.05) is 19.9 Å². The average Bonchev–Trinajstić information content (AvgIpc) is 2.34.